The second-order valence-corrected chi connectivity index (χ2v) is 6.60. The molecule has 0 atom stereocenters. The highest BCUT2D eigenvalue weighted by molar-refractivity contribution is 5.77. The molecule has 25 heavy (non-hydrogen) atoms. The van der Waals surface area contributed by atoms with Crippen LogP contribution in [0.5, 0.6) is 5.75 Å². The third-order valence-corrected chi connectivity index (χ3v) is 4.61. The van der Waals surface area contributed by atoms with Gasteiger partial charge in [0.15, 0.2) is 6.61 Å². The molecule has 1 N–H and O–H groups in total. The molecule has 1 amide bonds. The molecule has 1 aliphatic heterocycles. The molecule has 0 saturated heterocycles. The van der Waals surface area contributed by atoms with Crippen LogP contribution in [-0.2, 0) is 24.2 Å². The topological polar surface area (TPSA) is 69.0 Å². The van der Waals surface area contributed by atoms with Gasteiger partial charge in [0, 0.05) is 25.9 Å². The molecule has 0 bridgehead atoms. The zero-order chi connectivity index (χ0) is 17.6. The molecule has 1 aromatic heterocycles. The molecular formula is C19H26N4O2. The van der Waals surface area contributed by atoms with E-state index in [0.717, 1.165) is 41.5 Å². The van der Waals surface area contributed by atoms with Gasteiger partial charge in [-0.2, -0.15) is 0 Å². The Labute approximate surface area is 148 Å². The SMILES string of the molecule is Cc1cccc(C)c1OCC(=O)NCCc1nnc2n1CCCCC2. The number of ether oxygens (including phenoxy) is 1. The highest BCUT2D eigenvalue weighted by Crippen LogP contribution is 2.22. The average molecular weight is 342 g/mol. The Bertz CT molecular complexity index is 719. The summed E-state index contributed by atoms with van der Waals surface area (Å²) in [5.74, 6) is 2.73. The first-order valence-electron chi connectivity index (χ1n) is 9.02. The molecule has 0 aliphatic carbocycles. The lowest BCUT2D eigenvalue weighted by atomic mass is 10.1. The normalized spacial score (nSPS) is 13.8. The van der Waals surface area contributed by atoms with Gasteiger partial charge in [-0.05, 0) is 37.8 Å². The first kappa shape index (κ1) is 17.5. The van der Waals surface area contributed by atoms with Gasteiger partial charge in [0.2, 0.25) is 0 Å². The zero-order valence-corrected chi connectivity index (χ0v) is 15.0. The average Bonchev–Trinajstić information content (AvgIpc) is 2.82. The Morgan fingerprint density at radius 2 is 2.00 bits per heavy atom. The van der Waals surface area contributed by atoms with Crippen molar-refractivity contribution in [1.82, 2.24) is 20.1 Å². The molecule has 0 unspecified atom stereocenters. The van der Waals surface area contributed by atoms with Crippen LogP contribution < -0.4 is 10.1 Å². The van der Waals surface area contributed by atoms with Crippen LogP contribution in [-0.4, -0.2) is 33.8 Å². The van der Waals surface area contributed by atoms with Gasteiger partial charge in [0.05, 0.1) is 0 Å². The van der Waals surface area contributed by atoms with Gasteiger partial charge < -0.3 is 14.6 Å². The zero-order valence-electron chi connectivity index (χ0n) is 15.0. The second-order valence-electron chi connectivity index (χ2n) is 6.60. The molecule has 1 aliphatic rings. The van der Waals surface area contributed by atoms with Crippen LogP contribution in [0.3, 0.4) is 0 Å². The number of para-hydroxylation sites is 1. The van der Waals surface area contributed by atoms with Gasteiger partial charge >= 0.3 is 0 Å². The maximum absolute atomic E-state index is 12.0. The van der Waals surface area contributed by atoms with E-state index in [4.69, 9.17) is 4.74 Å². The molecule has 2 heterocycles. The smallest absolute Gasteiger partial charge is 0.257 e. The lowest BCUT2D eigenvalue weighted by molar-refractivity contribution is -0.123. The summed E-state index contributed by atoms with van der Waals surface area (Å²) in [6, 6.07) is 5.95. The standard InChI is InChI=1S/C19H26N4O2/c1-14-7-6-8-15(2)19(14)25-13-18(24)20-11-10-17-22-21-16-9-4-3-5-12-23(16)17/h6-8H,3-5,9-13H2,1-2H3,(H,20,24). The minimum atomic E-state index is -0.113. The van der Waals surface area contributed by atoms with Crippen LogP contribution in [0, 0.1) is 13.8 Å². The number of rotatable bonds is 6. The molecule has 6 heteroatoms. The van der Waals surface area contributed by atoms with Gasteiger partial charge in [-0.3, -0.25) is 4.79 Å². The minimum Gasteiger partial charge on any atom is -0.483 e. The highest BCUT2D eigenvalue weighted by Gasteiger charge is 2.14. The van der Waals surface area contributed by atoms with E-state index in [1.165, 1.54) is 19.3 Å². The summed E-state index contributed by atoms with van der Waals surface area (Å²) in [4.78, 5) is 12.0. The van der Waals surface area contributed by atoms with Crippen molar-refractivity contribution in [2.45, 2.75) is 52.5 Å². The van der Waals surface area contributed by atoms with Crippen molar-refractivity contribution in [3.8, 4) is 5.75 Å². The molecule has 2 aromatic rings. The summed E-state index contributed by atoms with van der Waals surface area (Å²) in [6.45, 7) is 5.53. The fourth-order valence-electron chi connectivity index (χ4n) is 3.26. The number of amides is 1. The van der Waals surface area contributed by atoms with E-state index in [2.05, 4.69) is 20.1 Å². The molecule has 0 radical (unpaired) electrons. The number of nitrogens with one attached hydrogen (secondary N) is 1. The van der Waals surface area contributed by atoms with E-state index in [1.807, 2.05) is 32.0 Å². The van der Waals surface area contributed by atoms with Crippen molar-refractivity contribution in [2.24, 2.45) is 0 Å². The number of benzene rings is 1. The van der Waals surface area contributed by atoms with Gasteiger partial charge in [-0.25, -0.2) is 0 Å². The van der Waals surface area contributed by atoms with Crippen LogP contribution in [0.4, 0.5) is 0 Å². The Morgan fingerprint density at radius 3 is 2.80 bits per heavy atom. The summed E-state index contributed by atoms with van der Waals surface area (Å²) in [7, 11) is 0. The van der Waals surface area contributed by atoms with Crippen LogP contribution in [0.15, 0.2) is 18.2 Å². The van der Waals surface area contributed by atoms with E-state index in [0.29, 0.717) is 13.0 Å². The molecule has 3 rings (SSSR count). The second kappa shape index (κ2) is 8.14. The van der Waals surface area contributed by atoms with Gasteiger partial charge in [-0.15, -0.1) is 10.2 Å². The number of nitrogens with zero attached hydrogens (tertiary/aromatic N) is 3. The Hall–Kier alpha value is -2.37. The Morgan fingerprint density at radius 1 is 1.20 bits per heavy atom. The molecule has 1 aromatic carbocycles. The van der Waals surface area contributed by atoms with Crippen molar-refractivity contribution >= 4 is 5.91 Å². The first-order valence-corrected chi connectivity index (χ1v) is 9.02. The monoisotopic (exact) mass is 342 g/mol. The molecule has 0 fully saturated rings. The van der Waals surface area contributed by atoms with Crippen molar-refractivity contribution in [3.05, 3.63) is 41.0 Å². The Kier molecular flexibility index (Phi) is 5.68. The number of hydrogen-bond donors (Lipinski definition) is 1. The Balaban J connectivity index is 1.46. The highest BCUT2D eigenvalue weighted by atomic mass is 16.5. The lowest BCUT2D eigenvalue weighted by Gasteiger charge is -2.12. The van der Waals surface area contributed by atoms with Gasteiger partial charge in [0.25, 0.3) is 5.91 Å². The number of carbonyl (C=O) groups is 1. The quantitative estimate of drug-likeness (QED) is 0.875. The van der Waals surface area contributed by atoms with E-state index in [9.17, 15) is 4.79 Å². The van der Waals surface area contributed by atoms with Crippen LogP contribution >= 0.6 is 0 Å². The van der Waals surface area contributed by atoms with Gasteiger partial charge in [0.1, 0.15) is 17.4 Å². The van der Waals surface area contributed by atoms with Crippen molar-refractivity contribution in [1.29, 1.82) is 0 Å². The minimum absolute atomic E-state index is 0.0314. The first-order chi connectivity index (χ1) is 12.1. The number of aryl methyl sites for hydroxylation is 3. The summed E-state index contributed by atoms with van der Waals surface area (Å²) >= 11 is 0. The predicted molar refractivity (Wildman–Crippen MR) is 95.7 cm³/mol. The summed E-state index contributed by atoms with van der Waals surface area (Å²) in [6.07, 6.45) is 5.30. The molecule has 134 valence electrons. The van der Waals surface area contributed by atoms with E-state index in [-0.39, 0.29) is 12.5 Å². The summed E-state index contributed by atoms with van der Waals surface area (Å²) < 4.78 is 7.89. The molecule has 6 nitrogen and oxygen atoms in total. The van der Waals surface area contributed by atoms with Crippen LogP contribution in [0.2, 0.25) is 0 Å². The van der Waals surface area contributed by atoms with E-state index < -0.39 is 0 Å². The van der Waals surface area contributed by atoms with Gasteiger partial charge in [-0.1, -0.05) is 24.6 Å². The number of carbonyl (C=O) groups excluding carboxylic acids is 1. The third kappa shape index (κ3) is 4.38. The maximum atomic E-state index is 12.0. The van der Waals surface area contributed by atoms with E-state index in [1.54, 1.807) is 0 Å². The number of hydrogen-bond acceptors (Lipinski definition) is 4. The summed E-state index contributed by atoms with van der Waals surface area (Å²) in [5, 5.41) is 11.5. The predicted octanol–water partition coefficient (Wildman–Crippen LogP) is 2.36. The largest absolute Gasteiger partial charge is 0.483 e. The molecule has 0 saturated carbocycles. The molecule has 0 spiro atoms. The fraction of sp³-hybridized carbons (Fsp3) is 0.526. The number of aromatic nitrogens is 3. The van der Waals surface area contributed by atoms with Crippen molar-refractivity contribution in [3.63, 3.8) is 0 Å². The molecular weight excluding hydrogens is 316 g/mol. The summed E-state index contributed by atoms with van der Waals surface area (Å²) in [5.41, 5.74) is 2.08. The third-order valence-electron chi connectivity index (χ3n) is 4.61. The maximum Gasteiger partial charge on any atom is 0.257 e. The van der Waals surface area contributed by atoms with Crippen molar-refractivity contribution in [2.75, 3.05) is 13.2 Å². The van der Waals surface area contributed by atoms with E-state index >= 15 is 0 Å². The van der Waals surface area contributed by atoms with Crippen molar-refractivity contribution < 1.29 is 9.53 Å². The lowest BCUT2D eigenvalue weighted by Crippen LogP contribution is -2.31. The fourth-order valence-corrected chi connectivity index (χ4v) is 3.26. The van der Waals surface area contributed by atoms with Crippen LogP contribution in [0.1, 0.15) is 42.0 Å². The number of fused-ring (bicyclic) bond motifs is 1. The van der Waals surface area contributed by atoms with Crippen LogP contribution in [0.25, 0.3) is 0 Å².